The SMILES string of the molecule is CC1CC(C(=O)O)C(C(=O)NCC2CCOC2C)C1. The fourth-order valence-corrected chi connectivity index (χ4v) is 3.26. The predicted molar refractivity (Wildman–Crippen MR) is 69.5 cm³/mol. The van der Waals surface area contributed by atoms with Gasteiger partial charge in [-0.1, -0.05) is 6.92 Å². The van der Waals surface area contributed by atoms with Gasteiger partial charge >= 0.3 is 5.97 Å². The third-order valence-corrected chi connectivity index (χ3v) is 4.52. The predicted octanol–water partition coefficient (Wildman–Crippen LogP) is 1.27. The number of hydrogen-bond acceptors (Lipinski definition) is 3. The Bertz CT molecular complexity index is 357. The maximum atomic E-state index is 12.2. The van der Waals surface area contributed by atoms with Gasteiger partial charge in [0.1, 0.15) is 0 Å². The summed E-state index contributed by atoms with van der Waals surface area (Å²) in [6.45, 7) is 5.37. The van der Waals surface area contributed by atoms with E-state index in [9.17, 15) is 14.7 Å². The average molecular weight is 269 g/mol. The van der Waals surface area contributed by atoms with Crippen LogP contribution < -0.4 is 5.32 Å². The number of amides is 1. The van der Waals surface area contributed by atoms with Crippen molar-refractivity contribution in [1.29, 1.82) is 0 Å². The first-order valence-electron chi connectivity index (χ1n) is 7.11. The van der Waals surface area contributed by atoms with Crippen LogP contribution in [0.1, 0.15) is 33.1 Å². The third-order valence-electron chi connectivity index (χ3n) is 4.52. The van der Waals surface area contributed by atoms with Gasteiger partial charge < -0.3 is 15.2 Å². The average Bonchev–Trinajstić information content (AvgIpc) is 2.92. The molecular formula is C14H23NO4. The number of carboxylic acid groups (broad SMARTS) is 1. The fraction of sp³-hybridized carbons (Fsp3) is 0.857. The molecule has 108 valence electrons. The summed E-state index contributed by atoms with van der Waals surface area (Å²) < 4.78 is 5.45. The quantitative estimate of drug-likeness (QED) is 0.806. The number of ether oxygens (including phenoxy) is 1. The first-order chi connectivity index (χ1) is 8.99. The van der Waals surface area contributed by atoms with Crippen LogP contribution in [0.25, 0.3) is 0 Å². The lowest BCUT2D eigenvalue weighted by Gasteiger charge is -2.19. The molecule has 1 aliphatic carbocycles. The Labute approximate surface area is 113 Å². The molecule has 1 saturated carbocycles. The van der Waals surface area contributed by atoms with E-state index in [0.717, 1.165) is 13.0 Å². The van der Waals surface area contributed by atoms with E-state index in [4.69, 9.17) is 4.74 Å². The number of carboxylic acids is 1. The number of nitrogens with one attached hydrogen (secondary N) is 1. The molecule has 2 fully saturated rings. The van der Waals surface area contributed by atoms with Crippen molar-refractivity contribution in [3.8, 4) is 0 Å². The molecular weight excluding hydrogens is 246 g/mol. The van der Waals surface area contributed by atoms with Crippen molar-refractivity contribution in [3.05, 3.63) is 0 Å². The van der Waals surface area contributed by atoms with Crippen molar-refractivity contribution in [2.45, 2.75) is 39.2 Å². The minimum Gasteiger partial charge on any atom is -0.481 e. The molecule has 0 aromatic rings. The first-order valence-corrected chi connectivity index (χ1v) is 7.11. The molecule has 0 aromatic heterocycles. The number of rotatable bonds is 4. The molecule has 1 heterocycles. The van der Waals surface area contributed by atoms with E-state index < -0.39 is 11.9 Å². The molecule has 19 heavy (non-hydrogen) atoms. The molecule has 5 nitrogen and oxygen atoms in total. The molecule has 2 N–H and O–H groups in total. The second-order valence-electron chi connectivity index (χ2n) is 6.00. The van der Waals surface area contributed by atoms with Crippen LogP contribution in [0.15, 0.2) is 0 Å². The Morgan fingerprint density at radius 2 is 1.95 bits per heavy atom. The van der Waals surface area contributed by atoms with Gasteiger partial charge in [-0.25, -0.2) is 0 Å². The topological polar surface area (TPSA) is 75.6 Å². The summed E-state index contributed by atoms with van der Waals surface area (Å²) in [7, 11) is 0. The largest absolute Gasteiger partial charge is 0.481 e. The summed E-state index contributed by atoms with van der Waals surface area (Å²) in [4.78, 5) is 23.3. The van der Waals surface area contributed by atoms with Crippen molar-refractivity contribution < 1.29 is 19.4 Å². The van der Waals surface area contributed by atoms with Crippen LogP contribution in [0.5, 0.6) is 0 Å². The zero-order valence-electron chi connectivity index (χ0n) is 11.6. The van der Waals surface area contributed by atoms with Gasteiger partial charge in [-0.15, -0.1) is 0 Å². The van der Waals surface area contributed by atoms with Gasteiger partial charge in [0.15, 0.2) is 0 Å². The Kier molecular flexibility index (Phi) is 4.45. The van der Waals surface area contributed by atoms with Crippen molar-refractivity contribution in [2.75, 3.05) is 13.2 Å². The van der Waals surface area contributed by atoms with Gasteiger partial charge in [-0.3, -0.25) is 9.59 Å². The molecule has 5 unspecified atom stereocenters. The van der Waals surface area contributed by atoms with E-state index >= 15 is 0 Å². The maximum Gasteiger partial charge on any atom is 0.307 e. The summed E-state index contributed by atoms with van der Waals surface area (Å²) in [5, 5.41) is 12.1. The van der Waals surface area contributed by atoms with Crippen LogP contribution in [-0.2, 0) is 14.3 Å². The van der Waals surface area contributed by atoms with E-state index in [0.29, 0.717) is 31.2 Å². The lowest BCUT2D eigenvalue weighted by molar-refractivity contribution is -0.146. The summed E-state index contributed by atoms with van der Waals surface area (Å²) in [5.41, 5.74) is 0. The first kappa shape index (κ1) is 14.3. The second-order valence-corrected chi connectivity index (χ2v) is 6.00. The highest BCUT2D eigenvalue weighted by Gasteiger charge is 2.41. The molecule has 0 spiro atoms. The van der Waals surface area contributed by atoms with Crippen molar-refractivity contribution in [3.63, 3.8) is 0 Å². The summed E-state index contributed by atoms with van der Waals surface area (Å²) in [5.74, 6) is -1.17. The Hall–Kier alpha value is -1.10. The van der Waals surface area contributed by atoms with Crippen LogP contribution in [0.3, 0.4) is 0 Å². The fourth-order valence-electron chi connectivity index (χ4n) is 3.26. The third kappa shape index (κ3) is 3.26. The smallest absolute Gasteiger partial charge is 0.307 e. The minimum atomic E-state index is -0.845. The molecule has 0 radical (unpaired) electrons. The van der Waals surface area contributed by atoms with Crippen LogP contribution in [0.2, 0.25) is 0 Å². The van der Waals surface area contributed by atoms with Gasteiger partial charge in [-0.2, -0.15) is 0 Å². The Balaban J connectivity index is 1.86. The van der Waals surface area contributed by atoms with E-state index in [1.165, 1.54) is 0 Å². The van der Waals surface area contributed by atoms with Crippen molar-refractivity contribution in [2.24, 2.45) is 23.7 Å². The summed E-state index contributed by atoms with van der Waals surface area (Å²) in [6.07, 6.45) is 2.43. The second kappa shape index (κ2) is 5.90. The molecule has 1 saturated heterocycles. The Morgan fingerprint density at radius 3 is 2.53 bits per heavy atom. The van der Waals surface area contributed by atoms with E-state index in [1.807, 2.05) is 13.8 Å². The molecule has 2 aliphatic rings. The van der Waals surface area contributed by atoms with E-state index in [2.05, 4.69) is 5.32 Å². The zero-order valence-corrected chi connectivity index (χ0v) is 11.6. The lowest BCUT2D eigenvalue weighted by Crippen LogP contribution is -2.38. The highest BCUT2D eigenvalue weighted by molar-refractivity contribution is 5.85. The number of carbonyl (C=O) groups excluding carboxylic acids is 1. The molecule has 1 amide bonds. The summed E-state index contributed by atoms with van der Waals surface area (Å²) in [6, 6.07) is 0. The number of carbonyl (C=O) groups is 2. The maximum absolute atomic E-state index is 12.2. The normalized spacial score (nSPS) is 38.3. The van der Waals surface area contributed by atoms with Crippen molar-refractivity contribution >= 4 is 11.9 Å². The van der Waals surface area contributed by atoms with Gasteiger partial charge in [-0.05, 0) is 32.1 Å². The number of hydrogen-bond donors (Lipinski definition) is 2. The van der Waals surface area contributed by atoms with Gasteiger partial charge in [0.05, 0.1) is 17.9 Å². The minimum absolute atomic E-state index is 0.101. The van der Waals surface area contributed by atoms with E-state index in [-0.39, 0.29) is 17.9 Å². The van der Waals surface area contributed by atoms with Crippen LogP contribution in [-0.4, -0.2) is 36.2 Å². The van der Waals surface area contributed by atoms with Crippen LogP contribution in [0.4, 0.5) is 0 Å². The highest BCUT2D eigenvalue weighted by Crippen LogP contribution is 2.36. The molecule has 5 heteroatoms. The Morgan fingerprint density at radius 1 is 1.26 bits per heavy atom. The molecule has 2 rings (SSSR count). The van der Waals surface area contributed by atoms with Crippen molar-refractivity contribution in [1.82, 2.24) is 5.32 Å². The zero-order chi connectivity index (χ0) is 14.0. The van der Waals surface area contributed by atoms with Crippen LogP contribution in [0, 0.1) is 23.7 Å². The van der Waals surface area contributed by atoms with Crippen LogP contribution >= 0.6 is 0 Å². The molecule has 0 aromatic carbocycles. The molecule has 5 atom stereocenters. The molecule has 1 aliphatic heterocycles. The van der Waals surface area contributed by atoms with Gasteiger partial charge in [0, 0.05) is 19.1 Å². The van der Waals surface area contributed by atoms with Gasteiger partial charge in [0.25, 0.3) is 0 Å². The summed E-state index contributed by atoms with van der Waals surface area (Å²) >= 11 is 0. The van der Waals surface area contributed by atoms with Gasteiger partial charge in [0.2, 0.25) is 5.91 Å². The number of aliphatic carboxylic acids is 1. The molecule has 0 bridgehead atoms. The van der Waals surface area contributed by atoms with E-state index in [1.54, 1.807) is 0 Å². The lowest BCUT2D eigenvalue weighted by atomic mass is 9.95. The monoisotopic (exact) mass is 269 g/mol. The highest BCUT2D eigenvalue weighted by atomic mass is 16.5. The standard InChI is InChI=1S/C14H23NO4/c1-8-5-11(12(6-8)14(17)18)13(16)15-7-10-3-4-19-9(10)2/h8-12H,3-7H2,1-2H3,(H,15,16)(H,17,18).